The lowest BCUT2D eigenvalue weighted by Gasteiger charge is -2.28. The fourth-order valence-corrected chi connectivity index (χ4v) is 4.97. The SMILES string of the molecule is CCCn1c(NC(=O)c2cc(C)nn2CC)nc2cc(C(N)=O)cc(OCCCNC(=O)CN3CCC(O)CC3)c21. The molecule has 1 fully saturated rings. The number of hydrogen-bond donors (Lipinski definition) is 4. The molecule has 13 nitrogen and oxygen atoms in total. The Hall–Kier alpha value is -3.97. The largest absolute Gasteiger partial charge is 0.491 e. The van der Waals surface area contributed by atoms with Gasteiger partial charge in [-0.1, -0.05) is 6.92 Å². The molecule has 3 heterocycles. The highest BCUT2D eigenvalue weighted by Gasteiger charge is 2.22. The van der Waals surface area contributed by atoms with Crippen LogP contribution in [0.25, 0.3) is 11.0 Å². The minimum absolute atomic E-state index is 0.0690. The van der Waals surface area contributed by atoms with Gasteiger partial charge >= 0.3 is 0 Å². The van der Waals surface area contributed by atoms with E-state index in [1.807, 2.05) is 30.2 Å². The predicted octanol–water partition coefficient (Wildman–Crippen LogP) is 1.66. The van der Waals surface area contributed by atoms with Gasteiger partial charge in [0.05, 0.1) is 30.5 Å². The Bertz CT molecular complexity index is 1390. The summed E-state index contributed by atoms with van der Waals surface area (Å²) in [7, 11) is 0. The first-order valence-electron chi connectivity index (χ1n) is 14.2. The Kier molecular flexibility index (Phi) is 9.95. The van der Waals surface area contributed by atoms with E-state index < -0.39 is 5.91 Å². The summed E-state index contributed by atoms with van der Waals surface area (Å²) in [6, 6.07) is 4.90. The van der Waals surface area contributed by atoms with Crippen LogP contribution in [0.2, 0.25) is 0 Å². The number of aromatic nitrogens is 4. The Morgan fingerprint density at radius 1 is 1.17 bits per heavy atom. The molecular formula is C28H40N8O5. The zero-order chi connectivity index (χ0) is 29.5. The van der Waals surface area contributed by atoms with Crippen molar-refractivity contribution >= 4 is 34.7 Å². The van der Waals surface area contributed by atoms with E-state index in [1.54, 1.807) is 22.9 Å². The van der Waals surface area contributed by atoms with Gasteiger partial charge in [-0.3, -0.25) is 29.3 Å². The molecule has 13 heteroatoms. The maximum atomic E-state index is 13.2. The maximum Gasteiger partial charge on any atom is 0.276 e. The summed E-state index contributed by atoms with van der Waals surface area (Å²) in [5, 5.41) is 19.8. The summed E-state index contributed by atoms with van der Waals surface area (Å²) >= 11 is 0. The molecule has 0 bridgehead atoms. The summed E-state index contributed by atoms with van der Waals surface area (Å²) in [6.07, 6.45) is 2.39. The number of imidazole rings is 1. The molecule has 2 aromatic heterocycles. The number of anilines is 1. The van der Waals surface area contributed by atoms with Crippen LogP contribution in [0.3, 0.4) is 0 Å². The average molecular weight is 569 g/mol. The highest BCUT2D eigenvalue weighted by Crippen LogP contribution is 2.31. The number of fused-ring (bicyclic) bond motifs is 1. The highest BCUT2D eigenvalue weighted by atomic mass is 16.5. The number of carbonyl (C=O) groups excluding carboxylic acids is 3. The number of amides is 3. The number of ether oxygens (including phenoxy) is 1. The first-order chi connectivity index (χ1) is 19.7. The van der Waals surface area contributed by atoms with Gasteiger partial charge in [-0.2, -0.15) is 5.10 Å². The van der Waals surface area contributed by atoms with Crippen molar-refractivity contribution in [1.29, 1.82) is 0 Å². The first-order valence-corrected chi connectivity index (χ1v) is 14.2. The Labute approximate surface area is 239 Å². The van der Waals surface area contributed by atoms with Crippen molar-refractivity contribution in [2.24, 2.45) is 5.73 Å². The van der Waals surface area contributed by atoms with Gasteiger partial charge in [-0.05, 0) is 57.7 Å². The van der Waals surface area contributed by atoms with E-state index in [0.29, 0.717) is 87.0 Å². The summed E-state index contributed by atoms with van der Waals surface area (Å²) < 4.78 is 9.60. The summed E-state index contributed by atoms with van der Waals surface area (Å²) in [5.74, 6) is -0.274. The van der Waals surface area contributed by atoms with Gasteiger partial charge in [0.2, 0.25) is 17.8 Å². The molecule has 0 radical (unpaired) electrons. The maximum absolute atomic E-state index is 13.2. The van der Waals surface area contributed by atoms with Crippen molar-refractivity contribution < 1.29 is 24.2 Å². The number of likely N-dealkylation sites (tertiary alicyclic amines) is 1. The molecule has 1 aromatic carbocycles. The third-order valence-electron chi connectivity index (χ3n) is 7.02. The number of piperidine rings is 1. The molecule has 5 N–H and O–H groups in total. The van der Waals surface area contributed by atoms with Crippen LogP contribution in [-0.4, -0.2) is 85.9 Å². The average Bonchev–Trinajstić information content (AvgIpc) is 3.49. The number of hydrogen-bond acceptors (Lipinski definition) is 8. The molecule has 0 unspecified atom stereocenters. The van der Waals surface area contributed by atoms with E-state index in [-0.39, 0.29) is 30.1 Å². The molecule has 0 spiro atoms. The van der Waals surface area contributed by atoms with E-state index in [0.717, 1.165) is 12.1 Å². The van der Waals surface area contributed by atoms with Crippen molar-refractivity contribution in [3.63, 3.8) is 0 Å². The lowest BCUT2D eigenvalue weighted by molar-refractivity contribution is -0.122. The number of rotatable bonds is 13. The number of aliphatic hydroxyl groups excluding tert-OH is 1. The molecule has 1 aliphatic heterocycles. The van der Waals surface area contributed by atoms with Crippen LogP contribution < -0.4 is 21.1 Å². The highest BCUT2D eigenvalue weighted by molar-refractivity contribution is 6.04. The van der Waals surface area contributed by atoms with Gasteiger partial charge in [0.1, 0.15) is 17.0 Å². The molecule has 0 aliphatic carbocycles. The number of nitrogens with zero attached hydrogens (tertiary/aromatic N) is 5. The van der Waals surface area contributed by atoms with Crippen LogP contribution in [0.5, 0.6) is 5.75 Å². The third-order valence-corrected chi connectivity index (χ3v) is 7.02. The number of primary amides is 1. The van der Waals surface area contributed by atoms with Crippen LogP contribution in [0.4, 0.5) is 5.95 Å². The monoisotopic (exact) mass is 568 g/mol. The zero-order valence-electron chi connectivity index (χ0n) is 24.0. The molecule has 0 atom stereocenters. The molecule has 222 valence electrons. The Balaban J connectivity index is 1.47. The second-order valence-corrected chi connectivity index (χ2v) is 10.3. The Morgan fingerprint density at radius 2 is 1.93 bits per heavy atom. The van der Waals surface area contributed by atoms with Gasteiger partial charge in [0, 0.05) is 38.3 Å². The van der Waals surface area contributed by atoms with Crippen molar-refractivity contribution in [2.45, 2.75) is 65.6 Å². The second kappa shape index (κ2) is 13.6. The number of aryl methyl sites for hydroxylation is 3. The normalized spacial score (nSPS) is 14.3. The van der Waals surface area contributed by atoms with Gasteiger partial charge in [0.25, 0.3) is 5.91 Å². The topological polar surface area (TPSA) is 170 Å². The van der Waals surface area contributed by atoms with Crippen LogP contribution in [0, 0.1) is 6.92 Å². The smallest absolute Gasteiger partial charge is 0.276 e. The number of aliphatic hydroxyl groups is 1. The Morgan fingerprint density at radius 3 is 2.61 bits per heavy atom. The van der Waals surface area contributed by atoms with Crippen LogP contribution in [-0.2, 0) is 17.9 Å². The zero-order valence-corrected chi connectivity index (χ0v) is 24.0. The van der Waals surface area contributed by atoms with Gasteiger partial charge in [-0.15, -0.1) is 0 Å². The minimum atomic E-state index is -0.618. The molecule has 3 aromatic rings. The number of carbonyl (C=O) groups is 3. The van der Waals surface area contributed by atoms with Crippen molar-refractivity contribution in [2.75, 3.05) is 38.1 Å². The van der Waals surface area contributed by atoms with E-state index in [1.165, 1.54) is 0 Å². The van der Waals surface area contributed by atoms with E-state index in [2.05, 4.69) is 20.7 Å². The van der Waals surface area contributed by atoms with Gasteiger partial charge < -0.3 is 25.5 Å². The van der Waals surface area contributed by atoms with Gasteiger partial charge in [-0.25, -0.2) is 4.98 Å². The predicted molar refractivity (Wildman–Crippen MR) is 154 cm³/mol. The van der Waals surface area contributed by atoms with E-state index >= 15 is 0 Å². The van der Waals surface area contributed by atoms with Crippen molar-refractivity contribution in [3.8, 4) is 5.75 Å². The lowest BCUT2D eigenvalue weighted by atomic mass is 10.1. The molecule has 1 aliphatic rings. The third kappa shape index (κ3) is 7.41. The van der Waals surface area contributed by atoms with Gasteiger partial charge in [0.15, 0.2) is 0 Å². The molecule has 1 saturated heterocycles. The minimum Gasteiger partial charge on any atom is -0.491 e. The van der Waals surface area contributed by atoms with Crippen LogP contribution >= 0.6 is 0 Å². The second-order valence-electron chi connectivity index (χ2n) is 10.3. The molecule has 0 saturated carbocycles. The van der Waals surface area contributed by atoms with Crippen molar-refractivity contribution in [3.05, 3.63) is 35.2 Å². The fraction of sp³-hybridized carbons (Fsp3) is 0.536. The van der Waals surface area contributed by atoms with Crippen molar-refractivity contribution in [1.82, 2.24) is 29.5 Å². The summed E-state index contributed by atoms with van der Waals surface area (Å²) in [4.78, 5) is 44.2. The first kappa shape index (κ1) is 30.0. The van der Waals surface area contributed by atoms with E-state index in [4.69, 9.17) is 10.5 Å². The molecular weight excluding hydrogens is 528 g/mol. The standard InChI is InChI=1S/C28H40N8O5/c1-4-10-35-25-21(31-28(35)32-27(40)22-14-18(3)33-36(22)5-2)15-19(26(29)39)16-23(25)41-13-6-9-30-24(38)17-34-11-7-20(37)8-12-34/h14-16,20,37H,4-13,17H2,1-3H3,(H2,29,39)(H,30,38)(H,31,32,40). The van der Waals surface area contributed by atoms with Crippen LogP contribution in [0.15, 0.2) is 18.2 Å². The quantitative estimate of drug-likeness (QED) is 0.226. The number of benzene rings is 1. The van der Waals surface area contributed by atoms with Crippen LogP contribution in [0.1, 0.15) is 66.1 Å². The molecule has 41 heavy (non-hydrogen) atoms. The number of nitrogens with two attached hydrogens (primary N) is 1. The van der Waals surface area contributed by atoms with E-state index in [9.17, 15) is 19.5 Å². The lowest BCUT2D eigenvalue weighted by Crippen LogP contribution is -2.42. The molecule has 3 amide bonds. The summed E-state index contributed by atoms with van der Waals surface area (Å²) in [5.41, 5.74) is 8.11. The fourth-order valence-electron chi connectivity index (χ4n) is 4.97. The number of nitrogens with one attached hydrogen (secondary N) is 2. The molecule has 4 rings (SSSR count). The summed E-state index contributed by atoms with van der Waals surface area (Å²) in [6.45, 7) is 9.28.